The van der Waals surface area contributed by atoms with Gasteiger partial charge in [0.2, 0.25) is 0 Å². The van der Waals surface area contributed by atoms with E-state index in [1.807, 2.05) is 48.5 Å². The van der Waals surface area contributed by atoms with Crippen molar-refractivity contribution in [2.75, 3.05) is 7.11 Å². The number of ether oxygens (including phenoxy) is 1. The maximum Gasteiger partial charge on any atom is 0.326 e. The molecule has 0 aromatic heterocycles. The molecule has 0 bridgehead atoms. The summed E-state index contributed by atoms with van der Waals surface area (Å²) in [6, 6.07) is 17.4. The van der Waals surface area contributed by atoms with Crippen molar-refractivity contribution in [1.82, 2.24) is 0 Å². The molecule has 0 spiro atoms. The number of methoxy groups -OCH3 is 1. The van der Waals surface area contributed by atoms with Gasteiger partial charge >= 0.3 is 5.97 Å². The van der Waals surface area contributed by atoms with Crippen molar-refractivity contribution in [2.45, 2.75) is 12.8 Å². The molecular formula is C18H15Br2NO2. The third-order valence-corrected chi connectivity index (χ3v) is 5.24. The van der Waals surface area contributed by atoms with E-state index in [9.17, 15) is 10.1 Å². The number of hydrogen-bond donors (Lipinski definition) is 0. The van der Waals surface area contributed by atoms with Crippen LogP contribution in [0, 0.1) is 16.7 Å². The highest BCUT2D eigenvalue weighted by Gasteiger charge is 2.41. The Balaban J connectivity index is 2.45. The van der Waals surface area contributed by atoms with Crippen molar-refractivity contribution in [3.05, 3.63) is 68.6 Å². The summed E-state index contributed by atoms with van der Waals surface area (Å²) in [6.07, 6.45) is 0.553. The van der Waals surface area contributed by atoms with Gasteiger partial charge in [0.25, 0.3) is 0 Å². The minimum absolute atomic E-state index is 0.277. The van der Waals surface area contributed by atoms with Gasteiger partial charge < -0.3 is 4.74 Å². The molecule has 0 atom stereocenters. The lowest BCUT2D eigenvalue weighted by Gasteiger charge is -2.25. The number of esters is 1. The van der Waals surface area contributed by atoms with Gasteiger partial charge in [-0.2, -0.15) is 5.26 Å². The summed E-state index contributed by atoms with van der Waals surface area (Å²) < 4.78 is 6.68. The van der Waals surface area contributed by atoms with Crippen molar-refractivity contribution in [3.63, 3.8) is 0 Å². The van der Waals surface area contributed by atoms with Gasteiger partial charge in [0.15, 0.2) is 5.41 Å². The smallest absolute Gasteiger partial charge is 0.326 e. The number of halogens is 2. The minimum atomic E-state index is -1.28. The first-order valence-electron chi connectivity index (χ1n) is 6.99. The van der Waals surface area contributed by atoms with Crippen LogP contribution in [0.1, 0.15) is 11.1 Å². The number of nitrogens with zero attached hydrogens (tertiary/aromatic N) is 1. The molecule has 2 rings (SSSR count). The van der Waals surface area contributed by atoms with Crippen LogP contribution in [0.2, 0.25) is 0 Å². The summed E-state index contributed by atoms with van der Waals surface area (Å²) in [5.41, 5.74) is 0.515. The van der Waals surface area contributed by atoms with Gasteiger partial charge in [0.1, 0.15) is 0 Å². The summed E-state index contributed by atoms with van der Waals surface area (Å²) in [7, 11) is 1.31. The van der Waals surface area contributed by atoms with Gasteiger partial charge in [0.05, 0.1) is 13.2 Å². The third-order valence-electron chi connectivity index (χ3n) is 3.69. The molecule has 2 aromatic rings. The molecule has 0 aliphatic heterocycles. The maximum atomic E-state index is 12.4. The standard InChI is InChI=1S/C18H15Br2NO2/c1-23-17(22)18(12-21,10-13-6-2-4-8-15(13)19)11-14-7-3-5-9-16(14)20/h2-9H,10-11H2,1H3. The van der Waals surface area contributed by atoms with E-state index in [0.717, 1.165) is 20.1 Å². The Kier molecular flexibility index (Phi) is 5.97. The van der Waals surface area contributed by atoms with E-state index in [2.05, 4.69) is 37.9 Å². The quantitative estimate of drug-likeness (QED) is 0.639. The van der Waals surface area contributed by atoms with Crippen LogP contribution in [0.15, 0.2) is 57.5 Å². The predicted octanol–water partition coefficient (Wildman–Crippen LogP) is 4.68. The Labute approximate surface area is 152 Å². The number of rotatable bonds is 5. The summed E-state index contributed by atoms with van der Waals surface area (Å²) in [5.74, 6) is -0.522. The van der Waals surface area contributed by atoms with Crippen LogP contribution in [0.4, 0.5) is 0 Å². The highest BCUT2D eigenvalue weighted by Crippen LogP contribution is 2.33. The van der Waals surface area contributed by atoms with Crippen LogP contribution >= 0.6 is 31.9 Å². The molecule has 0 saturated carbocycles. The average Bonchev–Trinajstić information content (AvgIpc) is 2.57. The van der Waals surface area contributed by atoms with E-state index in [4.69, 9.17) is 4.74 Å². The van der Waals surface area contributed by atoms with Crippen molar-refractivity contribution in [2.24, 2.45) is 5.41 Å². The van der Waals surface area contributed by atoms with E-state index in [0.29, 0.717) is 0 Å². The van der Waals surface area contributed by atoms with Crippen LogP contribution in [0.3, 0.4) is 0 Å². The first-order chi connectivity index (χ1) is 11.0. The average molecular weight is 437 g/mol. The zero-order valence-corrected chi connectivity index (χ0v) is 15.7. The molecule has 0 N–H and O–H groups in total. The molecule has 0 aliphatic carbocycles. The summed E-state index contributed by atoms with van der Waals surface area (Å²) in [6.45, 7) is 0. The molecule has 0 aliphatic rings. The highest BCUT2D eigenvalue weighted by atomic mass is 79.9. The normalized spacial score (nSPS) is 10.9. The molecule has 0 amide bonds. The minimum Gasteiger partial charge on any atom is -0.468 e. The van der Waals surface area contributed by atoms with E-state index < -0.39 is 11.4 Å². The molecule has 0 saturated heterocycles. The molecule has 5 heteroatoms. The van der Waals surface area contributed by atoms with Crippen molar-refractivity contribution in [1.29, 1.82) is 5.26 Å². The SMILES string of the molecule is COC(=O)C(C#N)(Cc1ccccc1Br)Cc1ccccc1Br. The zero-order valence-electron chi connectivity index (χ0n) is 12.6. The Bertz CT molecular complexity index is 705. The number of carbonyl (C=O) groups excluding carboxylic acids is 1. The largest absolute Gasteiger partial charge is 0.468 e. The summed E-state index contributed by atoms with van der Waals surface area (Å²) >= 11 is 6.96. The Morgan fingerprint density at radius 3 is 1.83 bits per heavy atom. The topological polar surface area (TPSA) is 50.1 Å². The van der Waals surface area contributed by atoms with Gasteiger partial charge in [0, 0.05) is 21.8 Å². The van der Waals surface area contributed by atoms with Gasteiger partial charge in [-0.1, -0.05) is 68.3 Å². The Hall–Kier alpha value is -1.64. The maximum absolute atomic E-state index is 12.4. The van der Waals surface area contributed by atoms with Gasteiger partial charge in [-0.25, -0.2) is 0 Å². The predicted molar refractivity (Wildman–Crippen MR) is 95.8 cm³/mol. The number of benzene rings is 2. The molecular weight excluding hydrogens is 422 g/mol. The molecule has 3 nitrogen and oxygen atoms in total. The molecule has 23 heavy (non-hydrogen) atoms. The molecule has 2 aromatic carbocycles. The second-order valence-corrected chi connectivity index (χ2v) is 6.93. The van der Waals surface area contributed by atoms with Gasteiger partial charge in [-0.3, -0.25) is 4.79 Å². The molecule has 0 radical (unpaired) electrons. The van der Waals surface area contributed by atoms with Gasteiger partial charge in [-0.15, -0.1) is 0 Å². The lowest BCUT2D eigenvalue weighted by Crippen LogP contribution is -2.35. The van der Waals surface area contributed by atoms with E-state index in [1.165, 1.54) is 7.11 Å². The fraction of sp³-hybridized carbons (Fsp3) is 0.222. The molecule has 118 valence electrons. The fourth-order valence-electron chi connectivity index (χ4n) is 2.46. The second-order valence-electron chi connectivity index (χ2n) is 5.22. The molecule has 0 fully saturated rings. The van der Waals surface area contributed by atoms with Gasteiger partial charge in [-0.05, 0) is 23.3 Å². The Morgan fingerprint density at radius 2 is 1.48 bits per heavy atom. The van der Waals surface area contributed by atoms with Crippen LogP contribution in [-0.4, -0.2) is 13.1 Å². The highest BCUT2D eigenvalue weighted by molar-refractivity contribution is 9.10. The number of hydrogen-bond acceptors (Lipinski definition) is 3. The second kappa shape index (κ2) is 7.76. The Morgan fingerprint density at radius 1 is 1.04 bits per heavy atom. The van der Waals surface area contributed by atoms with Crippen molar-refractivity contribution in [3.8, 4) is 6.07 Å². The first kappa shape index (κ1) is 17.7. The number of nitriles is 1. The summed E-state index contributed by atoms with van der Waals surface area (Å²) in [4.78, 5) is 12.4. The first-order valence-corrected chi connectivity index (χ1v) is 8.57. The lowest BCUT2D eigenvalue weighted by molar-refractivity contribution is -0.149. The monoisotopic (exact) mass is 435 g/mol. The number of carbonyl (C=O) groups is 1. The van der Waals surface area contributed by atoms with Crippen LogP contribution in [0.5, 0.6) is 0 Å². The summed E-state index contributed by atoms with van der Waals surface area (Å²) in [5, 5.41) is 9.80. The molecule has 0 unspecified atom stereocenters. The zero-order chi connectivity index (χ0) is 16.9. The van der Waals surface area contributed by atoms with Crippen LogP contribution in [0.25, 0.3) is 0 Å². The van der Waals surface area contributed by atoms with E-state index >= 15 is 0 Å². The molecule has 0 heterocycles. The van der Waals surface area contributed by atoms with Crippen LogP contribution < -0.4 is 0 Å². The van der Waals surface area contributed by atoms with Crippen molar-refractivity contribution < 1.29 is 9.53 Å². The van der Waals surface area contributed by atoms with E-state index in [1.54, 1.807) is 0 Å². The van der Waals surface area contributed by atoms with E-state index in [-0.39, 0.29) is 12.8 Å². The van der Waals surface area contributed by atoms with Crippen molar-refractivity contribution >= 4 is 37.8 Å². The van der Waals surface area contributed by atoms with Crippen LogP contribution in [-0.2, 0) is 22.4 Å². The lowest BCUT2D eigenvalue weighted by atomic mass is 9.77. The fourth-order valence-corrected chi connectivity index (χ4v) is 3.31. The third kappa shape index (κ3) is 4.01.